The highest BCUT2D eigenvalue weighted by Crippen LogP contribution is 2.33. The van der Waals surface area contributed by atoms with Crippen LogP contribution in [0.3, 0.4) is 0 Å². The zero-order valence-electron chi connectivity index (χ0n) is 18.1. The largest absolute Gasteiger partial charge is 0.490 e. The number of carbonyl (C=O) groups excluding carboxylic acids is 1. The van der Waals surface area contributed by atoms with Crippen LogP contribution in [0.15, 0.2) is 18.2 Å². The predicted octanol–water partition coefficient (Wildman–Crippen LogP) is 3.59. The molecule has 3 aliphatic heterocycles. The number of anilines is 1. The molecule has 2 atom stereocenters. The van der Waals surface area contributed by atoms with Crippen LogP contribution in [-0.4, -0.2) is 75.0 Å². The van der Waals surface area contributed by atoms with E-state index in [1.807, 2.05) is 23.1 Å². The summed E-state index contributed by atoms with van der Waals surface area (Å²) in [6.07, 6.45) is 7.15. The molecule has 166 valence electrons. The fraction of sp³-hybridized carbons (Fsp3) is 0.696. The Morgan fingerprint density at radius 1 is 1.13 bits per heavy atom. The Balaban J connectivity index is 1.42. The minimum atomic E-state index is -0.0746. The van der Waals surface area contributed by atoms with Crippen molar-refractivity contribution >= 4 is 11.7 Å². The fourth-order valence-corrected chi connectivity index (χ4v) is 4.99. The van der Waals surface area contributed by atoms with Crippen molar-refractivity contribution in [2.24, 2.45) is 5.92 Å². The first-order valence-corrected chi connectivity index (χ1v) is 11.4. The van der Waals surface area contributed by atoms with E-state index in [9.17, 15) is 4.79 Å². The number of carbonyl (C=O) groups is 1. The van der Waals surface area contributed by atoms with Gasteiger partial charge in [0.1, 0.15) is 0 Å². The van der Waals surface area contributed by atoms with Gasteiger partial charge in [-0.2, -0.15) is 0 Å². The molecule has 0 aliphatic carbocycles. The molecule has 1 aromatic rings. The van der Waals surface area contributed by atoms with Crippen LogP contribution < -0.4 is 14.8 Å². The van der Waals surface area contributed by atoms with Gasteiger partial charge in [-0.25, -0.2) is 4.79 Å². The van der Waals surface area contributed by atoms with Crippen molar-refractivity contribution in [2.75, 3.05) is 58.4 Å². The monoisotopic (exact) mass is 417 g/mol. The SMILES string of the molecule is COCCN(C[C@@H]1CCCN2CCCC[C@H]12)C(=O)Nc1ccc2c(c1)OCCCO2. The maximum Gasteiger partial charge on any atom is 0.321 e. The predicted molar refractivity (Wildman–Crippen MR) is 116 cm³/mol. The third-order valence-electron chi connectivity index (χ3n) is 6.53. The molecule has 2 amide bonds. The summed E-state index contributed by atoms with van der Waals surface area (Å²) in [5.41, 5.74) is 0.731. The molecule has 0 saturated carbocycles. The zero-order valence-corrected chi connectivity index (χ0v) is 18.1. The zero-order chi connectivity index (χ0) is 20.8. The van der Waals surface area contributed by atoms with E-state index in [1.165, 1.54) is 45.2 Å². The Bertz CT molecular complexity index is 712. The van der Waals surface area contributed by atoms with Crippen LogP contribution in [0.4, 0.5) is 10.5 Å². The topological polar surface area (TPSA) is 63.3 Å². The Morgan fingerprint density at radius 2 is 1.97 bits per heavy atom. The van der Waals surface area contributed by atoms with Gasteiger partial charge < -0.3 is 29.3 Å². The summed E-state index contributed by atoms with van der Waals surface area (Å²) < 4.78 is 16.7. The third-order valence-corrected chi connectivity index (χ3v) is 6.53. The lowest BCUT2D eigenvalue weighted by atomic mass is 9.83. The summed E-state index contributed by atoms with van der Waals surface area (Å²) in [5.74, 6) is 1.96. The van der Waals surface area contributed by atoms with Crippen molar-refractivity contribution in [3.05, 3.63) is 18.2 Å². The molecule has 3 heterocycles. The van der Waals surface area contributed by atoms with E-state index in [1.54, 1.807) is 7.11 Å². The summed E-state index contributed by atoms with van der Waals surface area (Å²) in [5, 5.41) is 3.07. The normalized spacial score (nSPS) is 23.9. The molecule has 0 unspecified atom stereocenters. The van der Waals surface area contributed by atoms with E-state index in [-0.39, 0.29) is 6.03 Å². The average Bonchev–Trinajstić information content (AvgIpc) is 3.01. The lowest BCUT2D eigenvalue weighted by molar-refractivity contribution is 0.0433. The van der Waals surface area contributed by atoms with Gasteiger partial charge in [0.2, 0.25) is 0 Å². The van der Waals surface area contributed by atoms with Crippen molar-refractivity contribution in [2.45, 2.75) is 44.6 Å². The summed E-state index contributed by atoms with van der Waals surface area (Å²) in [6.45, 7) is 5.62. The second-order valence-electron chi connectivity index (χ2n) is 8.58. The number of benzene rings is 1. The summed E-state index contributed by atoms with van der Waals surface area (Å²) in [7, 11) is 1.68. The molecule has 0 bridgehead atoms. The van der Waals surface area contributed by atoms with E-state index in [4.69, 9.17) is 14.2 Å². The van der Waals surface area contributed by atoms with E-state index in [2.05, 4.69) is 10.2 Å². The van der Waals surface area contributed by atoms with Gasteiger partial charge in [0.05, 0.1) is 19.8 Å². The summed E-state index contributed by atoms with van der Waals surface area (Å²) >= 11 is 0. The number of nitrogens with one attached hydrogen (secondary N) is 1. The van der Waals surface area contributed by atoms with Crippen molar-refractivity contribution in [1.29, 1.82) is 0 Å². The fourth-order valence-electron chi connectivity index (χ4n) is 4.99. The third kappa shape index (κ3) is 5.19. The number of ether oxygens (including phenoxy) is 3. The van der Waals surface area contributed by atoms with Crippen molar-refractivity contribution < 1.29 is 19.0 Å². The molecule has 3 aliphatic rings. The first-order valence-electron chi connectivity index (χ1n) is 11.4. The van der Waals surface area contributed by atoms with Crippen LogP contribution in [0.5, 0.6) is 11.5 Å². The molecule has 1 N–H and O–H groups in total. The quantitative estimate of drug-likeness (QED) is 0.766. The minimum absolute atomic E-state index is 0.0746. The van der Waals surface area contributed by atoms with Gasteiger partial charge in [0, 0.05) is 44.4 Å². The molecule has 1 aromatic carbocycles. The highest BCUT2D eigenvalue weighted by Gasteiger charge is 2.34. The summed E-state index contributed by atoms with van der Waals surface area (Å²) in [6, 6.07) is 6.15. The maximum absolute atomic E-state index is 13.2. The molecular formula is C23H35N3O4. The van der Waals surface area contributed by atoms with Crippen LogP contribution in [-0.2, 0) is 4.74 Å². The number of hydrogen-bond donors (Lipinski definition) is 1. The van der Waals surface area contributed by atoms with Gasteiger partial charge in [0.25, 0.3) is 0 Å². The molecule has 0 aromatic heterocycles. The van der Waals surface area contributed by atoms with E-state index < -0.39 is 0 Å². The van der Waals surface area contributed by atoms with E-state index in [0.29, 0.717) is 44.1 Å². The van der Waals surface area contributed by atoms with Crippen LogP contribution in [0.1, 0.15) is 38.5 Å². The molecule has 0 spiro atoms. The Hall–Kier alpha value is -1.99. The molecule has 2 saturated heterocycles. The maximum atomic E-state index is 13.2. The molecular weight excluding hydrogens is 382 g/mol. The highest BCUT2D eigenvalue weighted by molar-refractivity contribution is 5.89. The van der Waals surface area contributed by atoms with Gasteiger partial charge in [-0.1, -0.05) is 6.42 Å². The smallest absolute Gasteiger partial charge is 0.321 e. The highest BCUT2D eigenvalue weighted by atomic mass is 16.5. The van der Waals surface area contributed by atoms with Crippen molar-refractivity contribution in [3.8, 4) is 11.5 Å². The number of nitrogens with zero attached hydrogens (tertiary/aromatic N) is 2. The van der Waals surface area contributed by atoms with Gasteiger partial charge in [-0.15, -0.1) is 0 Å². The Labute approximate surface area is 179 Å². The second-order valence-corrected chi connectivity index (χ2v) is 8.58. The standard InChI is InChI=1S/C23H35N3O4/c1-28-15-12-26(17-18-6-4-11-25-10-3-2-7-20(18)25)23(27)24-19-8-9-21-22(16-19)30-14-5-13-29-21/h8-9,16,18,20H,2-7,10-15,17H2,1H3,(H,24,27)/t18-,20+/m0/s1. The molecule has 4 rings (SSSR count). The number of rotatable bonds is 6. The molecule has 7 heteroatoms. The molecule has 30 heavy (non-hydrogen) atoms. The number of hydrogen-bond acceptors (Lipinski definition) is 5. The van der Waals surface area contributed by atoms with Gasteiger partial charge >= 0.3 is 6.03 Å². The van der Waals surface area contributed by atoms with Crippen LogP contribution in [0, 0.1) is 5.92 Å². The Kier molecular flexibility index (Phi) is 7.33. The number of methoxy groups -OCH3 is 1. The van der Waals surface area contributed by atoms with E-state index in [0.717, 1.165) is 24.4 Å². The molecule has 2 fully saturated rings. The number of urea groups is 1. The Morgan fingerprint density at radius 3 is 2.83 bits per heavy atom. The first-order chi connectivity index (χ1) is 14.7. The lowest BCUT2D eigenvalue weighted by Gasteiger charge is -2.45. The van der Waals surface area contributed by atoms with Crippen molar-refractivity contribution in [3.63, 3.8) is 0 Å². The first kappa shape index (κ1) is 21.2. The molecule has 0 radical (unpaired) electrons. The summed E-state index contributed by atoms with van der Waals surface area (Å²) in [4.78, 5) is 17.7. The average molecular weight is 418 g/mol. The number of fused-ring (bicyclic) bond motifs is 2. The van der Waals surface area contributed by atoms with E-state index >= 15 is 0 Å². The number of piperidine rings is 2. The van der Waals surface area contributed by atoms with Gasteiger partial charge in [0.15, 0.2) is 11.5 Å². The van der Waals surface area contributed by atoms with Gasteiger partial charge in [-0.05, 0) is 56.8 Å². The van der Waals surface area contributed by atoms with Gasteiger partial charge in [-0.3, -0.25) is 0 Å². The van der Waals surface area contributed by atoms with Crippen LogP contribution >= 0.6 is 0 Å². The minimum Gasteiger partial charge on any atom is -0.490 e. The van der Waals surface area contributed by atoms with Crippen LogP contribution in [0.25, 0.3) is 0 Å². The number of amides is 2. The second kappa shape index (κ2) is 10.4. The van der Waals surface area contributed by atoms with Crippen LogP contribution in [0.2, 0.25) is 0 Å². The lowest BCUT2D eigenvalue weighted by Crippen LogP contribution is -2.52. The van der Waals surface area contributed by atoms with Crippen molar-refractivity contribution in [1.82, 2.24) is 9.80 Å². The molecule has 7 nitrogen and oxygen atoms in total.